The van der Waals surface area contributed by atoms with Crippen LogP contribution >= 0.6 is 0 Å². The zero-order chi connectivity index (χ0) is 16.0. The Bertz CT molecular complexity index is 606. The van der Waals surface area contributed by atoms with Crippen molar-refractivity contribution in [1.29, 1.82) is 0 Å². The van der Waals surface area contributed by atoms with Gasteiger partial charge in [0.15, 0.2) is 0 Å². The van der Waals surface area contributed by atoms with Crippen LogP contribution in [0.1, 0.15) is 51.1 Å². The summed E-state index contributed by atoms with van der Waals surface area (Å²) in [7, 11) is -3.40. The molecule has 0 heterocycles. The lowest BCUT2D eigenvalue weighted by atomic mass is 10.1. The molecule has 1 aliphatic rings. The Morgan fingerprint density at radius 2 is 2.18 bits per heavy atom. The van der Waals surface area contributed by atoms with Crippen LogP contribution in [0.15, 0.2) is 35.7 Å². The third-order valence-corrected chi connectivity index (χ3v) is 4.85. The monoisotopic (exact) mass is 323 g/mol. The second kappa shape index (κ2) is 7.79. The average Bonchev–Trinajstić information content (AvgIpc) is 3.29. The third kappa shape index (κ3) is 5.81. The van der Waals surface area contributed by atoms with Crippen LogP contribution in [-0.4, -0.2) is 15.0 Å². The van der Waals surface area contributed by atoms with Crippen molar-refractivity contribution in [2.75, 3.05) is 6.61 Å². The molecule has 0 spiro atoms. The highest BCUT2D eigenvalue weighted by molar-refractivity contribution is 7.92. The van der Waals surface area contributed by atoms with Crippen LogP contribution in [0.25, 0.3) is 0 Å². The fourth-order valence-corrected chi connectivity index (χ4v) is 3.18. The van der Waals surface area contributed by atoms with E-state index < -0.39 is 10.0 Å². The van der Waals surface area contributed by atoms with Crippen LogP contribution in [0, 0.1) is 5.92 Å². The molecule has 0 aliphatic heterocycles. The summed E-state index contributed by atoms with van der Waals surface area (Å²) in [5, 5.41) is 1.25. The number of hydrogen-bond acceptors (Lipinski definition) is 3. The Hall–Kier alpha value is -1.33. The van der Waals surface area contributed by atoms with Gasteiger partial charge >= 0.3 is 0 Å². The third-order valence-electron chi connectivity index (χ3n) is 3.61. The van der Waals surface area contributed by atoms with E-state index in [1.54, 1.807) is 6.08 Å². The molecule has 4 nitrogen and oxygen atoms in total. The van der Waals surface area contributed by atoms with E-state index in [1.807, 2.05) is 38.1 Å². The van der Waals surface area contributed by atoms with Gasteiger partial charge in [0.05, 0.1) is 6.61 Å². The molecule has 0 radical (unpaired) electrons. The molecule has 0 bridgehead atoms. The van der Waals surface area contributed by atoms with Gasteiger partial charge < -0.3 is 4.74 Å². The van der Waals surface area contributed by atoms with Crippen molar-refractivity contribution in [3.05, 3.63) is 41.3 Å². The molecule has 22 heavy (non-hydrogen) atoms. The van der Waals surface area contributed by atoms with E-state index in [1.165, 1.54) is 18.2 Å². The Labute approximate surface area is 133 Å². The average molecular weight is 323 g/mol. The standard InChI is InChI=1S/C17H25NO3S/c1-3-4-5-11-22(19,20)18-14(2)16-7-6-8-17(12-16)21-13-15-9-10-15/h5-8,11-12,14-15,18H,3-4,9-10,13H2,1-2H3/b11-5+/t14-/m1/s1. The maximum atomic E-state index is 12.0. The number of unbranched alkanes of at least 4 members (excludes halogenated alkanes) is 1. The fraction of sp³-hybridized carbons (Fsp3) is 0.529. The van der Waals surface area contributed by atoms with E-state index in [-0.39, 0.29) is 6.04 Å². The van der Waals surface area contributed by atoms with Gasteiger partial charge in [-0.1, -0.05) is 31.6 Å². The van der Waals surface area contributed by atoms with Crippen LogP contribution in [-0.2, 0) is 10.0 Å². The first kappa shape index (κ1) is 17.0. The zero-order valence-electron chi connectivity index (χ0n) is 13.3. The van der Waals surface area contributed by atoms with E-state index in [2.05, 4.69) is 4.72 Å². The van der Waals surface area contributed by atoms with E-state index in [0.29, 0.717) is 5.92 Å². The molecule has 1 aromatic rings. The largest absolute Gasteiger partial charge is 0.493 e. The van der Waals surface area contributed by atoms with Gasteiger partial charge in [-0.3, -0.25) is 0 Å². The smallest absolute Gasteiger partial charge is 0.233 e. The lowest BCUT2D eigenvalue weighted by Crippen LogP contribution is -2.24. The van der Waals surface area contributed by atoms with Crippen LogP contribution in [0.2, 0.25) is 0 Å². The Morgan fingerprint density at radius 3 is 2.86 bits per heavy atom. The Morgan fingerprint density at radius 1 is 1.41 bits per heavy atom. The van der Waals surface area contributed by atoms with Crippen molar-refractivity contribution in [3.63, 3.8) is 0 Å². The topological polar surface area (TPSA) is 55.4 Å². The number of ether oxygens (including phenoxy) is 1. The molecule has 0 aromatic heterocycles. The first-order chi connectivity index (χ1) is 10.5. The summed E-state index contributed by atoms with van der Waals surface area (Å²) in [6, 6.07) is 7.34. The van der Waals surface area contributed by atoms with E-state index in [0.717, 1.165) is 30.8 Å². The highest BCUT2D eigenvalue weighted by Crippen LogP contribution is 2.30. The predicted octanol–water partition coefficient (Wildman–Crippen LogP) is 3.77. The van der Waals surface area contributed by atoms with Crippen LogP contribution in [0.3, 0.4) is 0 Å². The molecule has 1 N–H and O–H groups in total. The number of rotatable bonds is 9. The molecule has 1 atom stereocenters. The summed E-state index contributed by atoms with van der Waals surface area (Å²) in [6.07, 6.45) is 5.88. The molecule has 0 unspecified atom stereocenters. The SMILES string of the molecule is CCC/C=C/S(=O)(=O)N[C@H](C)c1cccc(OCC2CC2)c1. The van der Waals surface area contributed by atoms with Gasteiger partial charge in [0, 0.05) is 11.4 Å². The maximum Gasteiger partial charge on any atom is 0.233 e. The maximum absolute atomic E-state index is 12.0. The minimum absolute atomic E-state index is 0.291. The van der Waals surface area contributed by atoms with Gasteiger partial charge in [-0.05, 0) is 49.8 Å². The van der Waals surface area contributed by atoms with Crippen molar-refractivity contribution >= 4 is 10.0 Å². The molecular formula is C17H25NO3S. The summed E-state index contributed by atoms with van der Waals surface area (Å²) in [5.41, 5.74) is 0.903. The summed E-state index contributed by atoms with van der Waals surface area (Å²) in [6.45, 7) is 4.61. The number of sulfonamides is 1. The fourth-order valence-electron chi connectivity index (χ4n) is 2.09. The van der Waals surface area contributed by atoms with Crippen molar-refractivity contribution in [2.45, 2.75) is 45.6 Å². The number of allylic oxidation sites excluding steroid dienone is 1. The van der Waals surface area contributed by atoms with Crippen LogP contribution in [0.4, 0.5) is 0 Å². The molecule has 0 saturated heterocycles. The second-order valence-electron chi connectivity index (χ2n) is 5.87. The molecule has 1 saturated carbocycles. The van der Waals surface area contributed by atoms with E-state index >= 15 is 0 Å². The van der Waals surface area contributed by atoms with Gasteiger partial charge in [-0.15, -0.1) is 0 Å². The van der Waals surface area contributed by atoms with Crippen LogP contribution < -0.4 is 9.46 Å². The van der Waals surface area contributed by atoms with Crippen molar-refractivity contribution < 1.29 is 13.2 Å². The minimum Gasteiger partial charge on any atom is -0.493 e. The molecule has 5 heteroatoms. The minimum atomic E-state index is -3.40. The highest BCUT2D eigenvalue weighted by atomic mass is 32.2. The zero-order valence-corrected chi connectivity index (χ0v) is 14.1. The molecule has 0 amide bonds. The summed E-state index contributed by atoms with van der Waals surface area (Å²) in [4.78, 5) is 0. The Kier molecular flexibility index (Phi) is 6.03. The molecule has 122 valence electrons. The molecular weight excluding hydrogens is 298 g/mol. The van der Waals surface area contributed by atoms with Crippen molar-refractivity contribution in [2.24, 2.45) is 5.92 Å². The summed E-state index contributed by atoms with van der Waals surface area (Å²) in [5.74, 6) is 1.50. The van der Waals surface area contributed by atoms with Gasteiger partial charge in [-0.2, -0.15) is 0 Å². The first-order valence-electron chi connectivity index (χ1n) is 7.92. The van der Waals surface area contributed by atoms with E-state index in [4.69, 9.17) is 4.74 Å². The second-order valence-corrected chi connectivity index (χ2v) is 7.47. The van der Waals surface area contributed by atoms with Gasteiger partial charge in [0.25, 0.3) is 0 Å². The number of benzene rings is 1. The van der Waals surface area contributed by atoms with Gasteiger partial charge in [0.2, 0.25) is 10.0 Å². The number of hydrogen-bond donors (Lipinski definition) is 1. The summed E-state index contributed by atoms with van der Waals surface area (Å²) >= 11 is 0. The summed E-state index contributed by atoms with van der Waals surface area (Å²) < 4.78 is 32.3. The number of nitrogens with one attached hydrogen (secondary N) is 1. The molecule has 1 aliphatic carbocycles. The lowest BCUT2D eigenvalue weighted by Gasteiger charge is -2.14. The van der Waals surface area contributed by atoms with Crippen molar-refractivity contribution in [3.8, 4) is 5.75 Å². The lowest BCUT2D eigenvalue weighted by molar-refractivity contribution is 0.299. The van der Waals surface area contributed by atoms with Crippen LogP contribution in [0.5, 0.6) is 5.75 Å². The Balaban J connectivity index is 1.95. The molecule has 2 rings (SSSR count). The van der Waals surface area contributed by atoms with Gasteiger partial charge in [-0.25, -0.2) is 13.1 Å². The highest BCUT2D eigenvalue weighted by Gasteiger charge is 2.22. The van der Waals surface area contributed by atoms with Gasteiger partial charge in [0.1, 0.15) is 5.75 Å². The molecule has 1 fully saturated rings. The van der Waals surface area contributed by atoms with Crippen molar-refractivity contribution in [1.82, 2.24) is 4.72 Å². The quantitative estimate of drug-likeness (QED) is 0.752. The molecule has 1 aromatic carbocycles. The first-order valence-corrected chi connectivity index (χ1v) is 9.46. The van der Waals surface area contributed by atoms with E-state index in [9.17, 15) is 8.42 Å². The normalized spacial score (nSPS) is 16.8. The predicted molar refractivity (Wildman–Crippen MR) is 89.2 cm³/mol.